The molecule has 0 saturated heterocycles. The molecule has 0 rings (SSSR count). The number of ether oxygens (including phenoxy) is 3. The van der Waals surface area contributed by atoms with Crippen LogP contribution in [0.5, 0.6) is 0 Å². The first-order chi connectivity index (χ1) is 37.0. The minimum absolute atomic E-state index is 0.0956. The van der Waals surface area contributed by atoms with Gasteiger partial charge in [-0.2, -0.15) is 0 Å². The van der Waals surface area contributed by atoms with E-state index in [4.69, 9.17) is 14.2 Å². The van der Waals surface area contributed by atoms with E-state index in [-0.39, 0.29) is 37.5 Å². The highest BCUT2D eigenvalue weighted by atomic mass is 16.6. The van der Waals surface area contributed by atoms with E-state index in [2.05, 4.69) is 87.6 Å². The fourth-order valence-corrected chi connectivity index (χ4v) is 9.37. The lowest BCUT2D eigenvalue weighted by atomic mass is 10.0. The average Bonchev–Trinajstić information content (AvgIpc) is 3.41. The zero-order chi connectivity index (χ0) is 54.3. The van der Waals surface area contributed by atoms with Gasteiger partial charge in [0.2, 0.25) is 0 Å². The zero-order valence-corrected chi connectivity index (χ0v) is 49.8. The number of allylic oxidation sites excluding steroid dienone is 12. The van der Waals surface area contributed by atoms with Gasteiger partial charge in [-0.1, -0.05) is 306 Å². The molecule has 1 unspecified atom stereocenters. The summed E-state index contributed by atoms with van der Waals surface area (Å²) in [4.78, 5) is 38.3. The van der Waals surface area contributed by atoms with Crippen molar-refractivity contribution < 1.29 is 28.6 Å². The minimum atomic E-state index is -0.804. The van der Waals surface area contributed by atoms with Gasteiger partial charge in [0.25, 0.3) is 0 Å². The molecule has 75 heavy (non-hydrogen) atoms. The summed E-state index contributed by atoms with van der Waals surface area (Å²) in [6, 6.07) is 0. The van der Waals surface area contributed by atoms with Gasteiger partial charge < -0.3 is 14.2 Å². The van der Waals surface area contributed by atoms with Crippen molar-refractivity contribution in [3.05, 3.63) is 72.9 Å². The SMILES string of the molecule is CC/C=C\C/C=C\C/C=C\C/C=C\CCC(=O)OCC(COC(=O)CCCCCCCCCCCCC/C=C\C/C=C\CCCCCCC)OC(=O)CCCCCCCCCCCCCCCCCCCCCCC. The predicted octanol–water partition coefficient (Wildman–Crippen LogP) is 22.1. The van der Waals surface area contributed by atoms with Gasteiger partial charge in [0.05, 0.1) is 0 Å². The van der Waals surface area contributed by atoms with Crippen LogP contribution in [0, 0.1) is 0 Å². The molecule has 0 heterocycles. The Morgan fingerprint density at radius 3 is 0.893 bits per heavy atom. The highest BCUT2D eigenvalue weighted by Crippen LogP contribution is 2.17. The summed E-state index contributed by atoms with van der Waals surface area (Å²) in [5.41, 5.74) is 0. The fourth-order valence-electron chi connectivity index (χ4n) is 9.37. The summed E-state index contributed by atoms with van der Waals surface area (Å²) < 4.78 is 16.9. The van der Waals surface area contributed by atoms with E-state index in [9.17, 15) is 14.4 Å². The largest absolute Gasteiger partial charge is 0.462 e. The molecule has 0 radical (unpaired) electrons. The van der Waals surface area contributed by atoms with E-state index in [1.807, 2.05) is 6.08 Å². The molecule has 0 aliphatic heterocycles. The molecule has 0 spiro atoms. The van der Waals surface area contributed by atoms with Gasteiger partial charge in [-0.25, -0.2) is 0 Å². The molecule has 0 aromatic carbocycles. The molecule has 0 aromatic heterocycles. The Hall–Kier alpha value is -3.15. The van der Waals surface area contributed by atoms with Crippen LogP contribution in [0.15, 0.2) is 72.9 Å². The molecule has 0 fully saturated rings. The summed E-state index contributed by atoms with van der Waals surface area (Å²) >= 11 is 0. The summed E-state index contributed by atoms with van der Waals surface area (Å²) in [7, 11) is 0. The number of rotatable bonds is 59. The van der Waals surface area contributed by atoms with Crippen molar-refractivity contribution in [1.82, 2.24) is 0 Å². The molecule has 0 aliphatic carbocycles. The van der Waals surface area contributed by atoms with Crippen LogP contribution in [0.2, 0.25) is 0 Å². The number of carbonyl (C=O) groups excluding carboxylic acids is 3. The summed E-state index contributed by atoms with van der Waals surface area (Å²) in [5, 5.41) is 0. The third kappa shape index (κ3) is 61.6. The third-order valence-corrected chi connectivity index (χ3v) is 14.2. The standard InChI is InChI=1S/C69H122O6/c1-4-7-10-13-16-19-22-25-27-29-31-33-34-36-37-39-41-44-47-50-53-56-59-62-68(71)74-65-66(64-73-67(70)61-58-55-52-49-46-43-24-21-18-15-12-9-6-3)75-69(72)63-60-57-54-51-48-45-42-40-38-35-32-30-28-26-23-20-17-14-11-8-5-2/h9,12,18,21-22,25,29,31,43,46,52,55,66H,4-8,10-11,13-17,19-20,23-24,26-28,30,32-42,44-45,47-51,53-54,56-65H2,1-3H3/b12-9-,21-18-,25-22-,31-29-,46-43-,55-52-. The monoisotopic (exact) mass is 1050 g/mol. The van der Waals surface area contributed by atoms with Crippen LogP contribution in [0.3, 0.4) is 0 Å². The zero-order valence-electron chi connectivity index (χ0n) is 49.8. The Labute approximate surface area is 465 Å². The molecule has 0 aliphatic rings. The minimum Gasteiger partial charge on any atom is -0.462 e. The van der Waals surface area contributed by atoms with Crippen LogP contribution in [-0.2, 0) is 28.6 Å². The normalized spacial score (nSPS) is 12.5. The Balaban J connectivity index is 4.33. The third-order valence-electron chi connectivity index (χ3n) is 14.2. The smallest absolute Gasteiger partial charge is 0.306 e. The lowest BCUT2D eigenvalue weighted by Crippen LogP contribution is -2.30. The Bertz CT molecular complexity index is 1390. The Morgan fingerprint density at radius 2 is 0.547 bits per heavy atom. The number of carbonyl (C=O) groups is 3. The Kier molecular flexibility index (Phi) is 60.7. The summed E-state index contributed by atoms with van der Waals surface area (Å²) in [6.45, 7) is 6.50. The molecule has 0 aromatic rings. The Morgan fingerprint density at radius 1 is 0.280 bits per heavy atom. The van der Waals surface area contributed by atoms with Crippen molar-refractivity contribution in [2.45, 2.75) is 335 Å². The van der Waals surface area contributed by atoms with E-state index in [1.165, 1.54) is 212 Å². The summed E-state index contributed by atoms with van der Waals surface area (Å²) in [5.74, 6) is -0.966. The highest BCUT2D eigenvalue weighted by Gasteiger charge is 2.19. The van der Waals surface area contributed by atoms with Crippen molar-refractivity contribution in [2.24, 2.45) is 0 Å². The summed E-state index contributed by atoms with van der Waals surface area (Å²) in [6.07, 6.45) is 82.2. The fraction of sp³-hybridized carbons (Fsp3) is 0.783. The van der Waals surface area contributed by atoms with E-state index in [0.29, 0.717) is 19.3 Å². The number of unbranched alkanes of at least 4 members (excludes halogenated alkanes) is 36. The maximum Gasteiger partial charge on any atom is 0.306 e. The average molecular weight is 1050 g/mol. The number of hydrogen-bond acceptors (Lipinski definition) is 6. The topological polar surface area (TPSA) is 78.9 Å². The van der Waals surface area contributed by atoms with Crippen LogP contribution in [-0.4, -0.2) is 37.2 Å². The first kappa shape index (κ1) is 71.8. The van der Waals surface area contributed by atoms with Gasteiger partial charge in [0.15, 0.2) is 6.10 Å². The van der Waals surface area contributed by atoms with Crippen LogP contribution < -0.4 is 0 Å². The van der Waals surface area contributed by atoms with Crippen molar-refractivity contribution in [3.63, 3.8) is 0 Å². The lowest BCUT2D eigenvalue weighted by Gasteiger charge is -2.18. The first-order valence-electron chi connectivity index (χ1n) is 32.4. The molecule has 6 heteroatoms. The van der Waals surface area contributed by atoms with Crippen molar-refractivity contribution in [1.29, 1.82) is 0 Å². The first-order valence-corrected chi connectivity index (χ1v) is 32.4. The maximum absolute atomic E-state index is 12.9. The van der Waals surface area contributed by atoms with Crippen LogP contribution in [0.25, 0.3) is 0 Å². The van der Waals surface area contributed by atoms with Crippen molar-refractivity contribution >= 4 is 17.9 Å². The second-order valence-corrected chi connectivity index (χ2v) is 21.6. The van der Waals surface area contributed by atoms with Gasteiger partial charge in [-0.15, -0.1) is 0 Å². The second kappa shape index (κ2) is 63.4. The van der Waals surface area contributed by atoms with Gasteiger partial charge >= 0.3 is 17.9 Å². The molecule has 1 atom stereocenters. The molecule has 0 saturated carbocycles. The van der Waals surface area contributed by atoms with Crippen LogP contribution in [0.4, 0.5) is 0 Å². The molecule has 0 bridgehead atoms. The van der Waals surface area contributed by atoms with Crippen molar-refractivity contribution in [3.8, 4) is 0 Å². The van der Waals surface area contributed by atoms with Gasteiger partial charge in [0, 0.05) is 19.3 Å². The molecular formula is C69H122O6. The quantitative estimate of drug-likeness (QED) is 0.0261. The molecule has 0 amide bonds. The molecule has 6 nitrogen and oxygen atoms in total. The highest BCUT2D eigenvalue weighted by molar-refractivity contribution is 5.71. The molecule has 0 N–H and O–H groups in total. The van der Waals surface area contributed by atoms with Gasteiger partial charge in [-0.3, -0.25) is 14.4 Å². The van der Waals surface area contributed by atoms with Gasteiger partial charge in [-0.05, 0) is 77.0 Å². The van der Waals surface area contributed by atoms with Crippen LogP contribution >= 0.6 is 0 Å². The molecule has 434 valence electrons. The maximum atomic E-state index is 12.9. The predicted molar refractivity (Wildman–Crippen MR) is 325 cm³/mol. The van der Waals surface area contributed by atoms with E-state index >= 15 is 0 Å². The van der Waals surface area contributed by atoms with E-state index < -0.39 is 6.10 Å². The lowest BCUT2D eigenvalue weighted by molar-refractivity contribution is -0.166. The van der Waals surface area contributed by atoms with Gasteiger partial charge in [0.1, 0.15) is 13.2 Å². The van der Waals surface area contributed by atoms with Crippen LogP contribution in [0.1, 0.15) is 329 Å². The number of hydrogen-bond donors (Lipinski definition) is 0. The van der Waals surface area contributed by atoms with Crippen molar-refractivity contribution in [2.75, 3.05) is 13.2 Å². The number of esters is 3. The molecular weight excluding hydrogens is 925 g/mol. The van der Waals surface area contributed by atoms with E-state index in [0.717, 1.165) is 70.6 Å². The van der Waals surface area contributed by atoms with E-state index in [1.54, 1.807) is 0 Å². The second-order valence-electron chi connectivity index (χ2n) is 21.6.